The van der Waals surface area contributed by atoms with Crippen LogP contribution in [0.5, 0.6) is 5.75 Å². The number of ether oxygens (including phenoxy) is 1. The summed E-state index contributed by atoms with van der Waals surface area (Å²) in [6.45, 7) is 4.52. The number of carbonyl (C=O) groups is 1. The summed E-state index contributed by atoms with van der Waals surface area (Å²) < 4.78 is 7.55. The number of hydrogen-bond donors (Lipinski definition) is 1. The molecule has 0 spiro atoms. The number of imidazole rings is 1. The maximum Gasteiger partial charge on any atom is 0.323 e. The molecule has 0 aliphatic rings. The molecule has 0 atom stereocenters. The fourth-order valence-electron chi connectivity index (χ4n) is 2.76. The zero-order chi connectivity index (χ0) is 17.8. The van der Waals surface area contributed by atoms with E-state index in [2.05, 4.69) is 11.1 Å². The molecule has 2 aromatic carbocycles. The van der Waals surface area contributed by atoms with E-state index in [0.29, 0.717) is 17.5 Å². The highest BCUT2D eigenvalue weighted by Gasteiger charge is 2.13. The van der Waals surface area contributed by atoms with Gasteiger partial charge in [0.25, 0.3) is 0 Å². The lowest BCUT2D eigenvalue weighted by molar-refractivity contribution is -0.137. The summed E-state index contributed by atoms with van der Waals surface area (Å²) in [5.74, 6) is 0.671. The third kappa shape index (κ3) is 4.93. The normalized spacial score (nSPS) is 10.5. The summed E-state index contributed by atoms with van der Waals surface area (Å²) >= 11 is 1.51. The van der Waals surface area contributed by atoms with Crippen LogP contribution >= 0.6 is 24.2 Å². The van der Waals surface area contributed by atoms with Gasteiger partial charge in [-0.3, -0.25) is 4.79 Å². The topological polar surface area (TPSA) is 64.4 Å². The van der Waals surface area contributed by atoms with Gasteiger partial charge < -0.3 is 14.4 Å². The van der Waals surface area contributed by atoms with Crippen LogP contribution in [0.1, 0.15) is 11.1 Å². The summed E-state index contributed by atoms with van der Waals surface area (Å²) in [7, 11) is 0. The lowest BCUT2D eigenvalue weighted by Crippen LogP contribution is -2.10. The molecule has 1 N–H and O–H groups in total. The standard InChI is InChI=1S/C19H20N2O3S.ClH/c1-13-9-14(2)11-15(10-13)24-7-8-25-19-20-16-5-3-4-6-17(16)21(19)12-18(22)23;/h3-6,9-11H,7-8,12H2,1-2H3,(H,22,23);1H. The summed E-state index contributed by atoms with van der Waals surface area (Å²) in [6.07, 6.45) is 0. The minimum atomic E-state index is -0.878. The molecule has 7 heteroatoms. The van der Waals surface area contributed by atoms with E-state index >= 15 is 0 Å². The number of rotatable bonds is 7. The van der Waals surface area contributed by atoms with Crippen LogP contribution in [-0.4, -0.2) is 33.0 Å². The molecule has 0 unspecified atom stereocenters. The first kappa shape index (κ1) is 20.1. The van der Waals surface area contributed by atoms with Crippen LogP contribution < -0.4 is 4.74 Å². The van der Waals surface area contributed by atoms with Crippen molar-refractivity contribution in [3.8, 4) is 5.75 Å². The van der Waals surface area contributed by atoms with Gasteiger partial charge in [0.15, 0.2) is 5.16 Å². The van der Waals surface area contributed by atoms with Gasteiger partial charge in [-0.25, -0.2) is 4.98 Å². The molecule has 0 aliphatic carbocycles. The van der Waals surface area contributed by atoms with Crippen molar-refractivity contribution >= 4 is 41.2 Å². The molecule has 0 radical (unpaired) electrons. The Labute approximate surface area is 162 Å². The highest BCUT2D eigenvalue weighted by atomic mass is 35.5. The van der Waals surface area contributed by atoms with E-state index in [1.807, 2.05) is 50.2 Å². The third-order valence-corrected chi connectivity index (χ3v) is 4.63. The van der Waals surface area contributed by atoms with Crippen molar-refractivity contribution in [1.29, 1.82) is 0 Å². The van der Waals surface area contributed by atoms with Crippen molar-refractivity contribution in [3.63, 3.8) is 0 Å². The first-order valence-electron chi connectivity index (χ1n) is 8.04. The van der Waals surface area contributed by atoms with Gasteiger partial charge in [0, 0.05) is 5.75 Å². The molecule has 3 aromatic rings. The Balaban J connectivity index is 0.00000243. The van der Waals surface area contributed by atoms with Crippen LogP contribution in [0, 0.1) is 13.8 Å². The second-order valence-electron chi connectivity index (χ2n) is 5.88. The van der Waals surface area contributed by atoms with E-state index in [1.165, 1.54) is 22.9 Å². The second kappa shape index (κ2) is 8.96. The molecule has 3 rings (SSSR count). The highest BCUT2D eigenvalue weighted by molar-refractivity contribution is 7.99. The van der Waals surface area contributed by atoms with Gasteiger partial charge in [-0.2, -0.15) is 0 Å². The molecular formula is C19H21ClN2O3S. The number of aromatic nitrogens is 2. The van der Waals surface area contributed by atoms with Crippen LogP contribution in [0.2, 0.25) is 0 Å². The van der Waals surface area contributed by atoms with E-state index in [4.69, 9.17) is 9.84 Å². The number of thioether (sulfide) groups is 1. The van der Waals surface area contributed by atoms with Gasteiger partial charge in [0.1, 0.15) is 12.3 Å². The average Bonchev–Trinajstić information content (AvgIpc) is 2.88. The average molecular weight is 393 g/mol. The summed E-state index contributed by atoms with van der Waals surface area (Å²) in [5, 5.41) is 9.86. The number of hydrogen-bond acceptors (Lipinski definition) is 4. The lowest BCUT2D eigenvalue weighted by Gasteiger charge is -2.09. The number of halogens is 1. The van der Waals surface area contributed by atoms with Gasteiger partial charge in [-0.05, 0) is 49.2 Å². The summed E-state index contributed by atoms with van der Waals surface area (Å²) in [6, 6.07) is 13.7. The predicted octanol–water partition coefficient (Wildman–Crippen LogP) is 4.33. The maximum absolute atomic E-state index is 11.2. The molecule has 138 valence electrons. The SMILES string of the molecule is Cc1cc(C)cc(OCCSc2nc3ccccc3n2CC(=O)O)c1.Cl. The van der Waals surface area contributed by atoms with Crippen LogP contribution in [-0.2, 0) is 11.3 Å². The molecule has 1 aromatic heterocycles. The number of fused-ring (bicyclic) bond motifs is 1. The van der Waals surface area contributed by atoms with E-state index < -0.39 is 5.97 Å². The Morgan fingerprint density at radius 2 is 1.88 bits per heavy atom. The van der Waals surface area contributed by atoms with Crippen molar-refractivity contribution in [2.45, 2.75) is 25.5 Å². The monoisotopic (exact) mass is 392 g/mol. The molecule has 0 amide bonds. The van der Waals surface area contributed by atoms with E-state index in [9.17, 15) is 4.79 Å². The fraction of sp³-hybridized carbons (Fsp3) is 0.263. The Morgan fingerprint density at radius 3 is 2.58 bits per heavy atom. The molecular weight excluding hydrogens is 372 g/mol. The second-order valence-corrected chi connectivity index (χ2v) is 6.95. The minimum Gasteiger partial charge on any atom is -0.493 e. The molecule has 26 heavy (non-hydrogen) atoms. The first-order chi connectivity index (χ1) is 12.0. The van der Waals surface area contributed by atoms with Gasteiger partial charge >= 0.3 is 5.97 Å². The molecule has 0 saturated carbocycles. The number of nitrogens with zero attached hydrogens (tertiary/aromatic N) is 2. The molecule has 5 nitrogen and oxygen atoms in total. The number of benzene rings is 2. The number of aliphatic carboxylic acids is 1. The van der Waals surface area contributed by atoms with Crippen molar-refractivity contribution < 1.29 is 14.6 Å². The smallest absolute Gasteiger partial charge is 0.323 e. The zero-order valence-corrected chi connectivity index (χ0v) is 16.3. The van der Waals surface area contributed by atoms with E-state index in [-0.39, 0.29) is 19.0 Å². The third-order valence-electron chi connectivity index (χ3n) is 3.69. The zero-order valence-electron chi connectivity index (χ0n) is 14.6. The predicted molar refractivity (Wildman–Crippen MR) is 107 cm³/mol. The Hall–Kier alpha value is -2.18. The van der Waals surface area contributed by atoms with Crippen molar-refractivity contribution in [3.05, 3.63) is 53.6 Å². The highest BCUT2D eigenvalue weighted by Crippen LogP contribution is 2.24. The van der Waals surface area contributed by atoms with E-state index in [1.54, 1.807) is 4.57 Å². The van der Waals surface area contributed by atoms with Crippen molar-refractivity contribution in [1.82, 2.24) is 9.55 Å². The number of carboxylic acid groups (broad SMARTS) is 1. The molecule has 0 bridgehead atoms. The van der Waals surface area contributed by atoms with Gasteiger partial charge in [0.2, 0.25) is 0 Å². The summed E-state index contributed by atoms with van der Waals surface area (Å²) in [5.41, 5.74) is 3.99. The largest absolute Gasteiger partial charge is 0.493 e. The molecule has 0 fully saturated rings. The lowest BCUT2D eigenvalue weighted by atomic mass is 10.1. The first-order valence-corrected chi connectivity index (χ1v) is 9.02. The van der Waals surface area contributed by atoms with Crippen LogP contribution in [0.15, 0.2) is 47.6 Å². The Morgan fingerprint density at radius 1 is 1.19 bits per heavy atom. The fourth-order valence-corrected chi connectivity index (χ4v) is 3.59. The Bertz CT molecular complexity index is 891. The Kier molecular flexibility index (Phi) is 6.94. The van der Waals surface area contributed by atoms with Gasteiger partial charge in [-0.15, -0.1) is 12.4 Å². The molecule has 0 aliphatic heterocycles. The van der Waals surface area contributed by atoms with Gasteiger partial charge in [0.05, 0.1) is 17.6 Å². The van der Waals surface area contributed by atoms with Crippen molar-refractivity contribution in [2.24, 2.45) is 0 Å². The molecule has 1 heterocycles. The van der Waals surface area contributed by atoms with Crippen LogP contribution in [0.25, 0.3) is 11.0 Å². The number of aryl methyl sites for hydroxylation is 2. The van der Waals surface area contributed by atoms with Crippen LogP contribution in [0.4, 0.5) is 0 Å². The van der Waals surface area contributed by atoms with E-state index in [0.717, 1.165) is 16.8 Å². The quantitative estimate of drug-likeness (QED) is 0.479. The van der Waals surface area contributed by atoms with Crippen molar-refractivity contribution in [2.75, 3.05) is 12.4 Å². The minimum absolute atomic E-state index is 0. The van der Waals surface area contributed by atoms with Crippen LogP contribution in [0.3, 0.4) is 0 Å². The number of carboxylic acids is 1. The van der Waals surface area contributed by atoms with Gasteiger partial charge in [-0.1, -0.05) is 30.0 Å². The molecule has 0 saturated heterocycles. The summed E-state index contributed by atoms with van der Waals surface area (Å²) in [4.78, 5) is 15.7. The maximum atomic E-state index is 11.2. The number of para-hydroxylation sites is 2.